The van der Waals surface area contributed by atoms with Crippen LogP contribution in [0, 0.1) is 11.8 Å². The maximum Gasteiger partial charge on any atom is 0.253 e. The molecule has 2 unspecified atom stereocenters. The lowest BCUT2D eigenvalue weighted by atomic mass is 9.64. The van der Waals surface area contributed by atoms with Gasteiger partial charge in [-0.25, -0.2) is 0 Å². The molecule has 2 aromatic rings. The lowest BCUT2D eigenvalue weighted by Gasteiger charge is -2.39. The van der Waals surface area contributed by atoms with Crippen molar-refractivity contribution in [1.82, 2.24) is 9.80 Å². The van der Waals surface area contributed by atoms with E-state index in [4.69, 9.17) is 16.3 Å². The van der Waals surface area contributed by atoms with Crippen LogP contribution in [0.3, 0.4) is 0 Å². The number of halogens is 1. The molecule has 0 aromatic heterocycles. The van der Waals surface area contributed by atoms with E-state index in [1.54, 1.807) is 48.2 Å². The maximum absolute atomic E-state index is 14.7. The number of hydrogen-bond acceptors (Lipinski definition) is 5. The maximum atomic E-state index is 14.7. The smallest absolute Gasteiger partial charge is 0.253 e. The van der Waals surface area contributed by atoms with Crippen molar-refractivity contribution in [3.05, 3.63) is 90.5 Å². The minimum atomic E-state index is -1.23. The predicted octanol–water partition coefficient (Wildman–Crippen LogP) is 4.61. The number of anilines is 1. The number of ether oxygens (including phenoxy) is 1. The Morgan fingerprint density at radius 3 is 2.40 bits per heavy atom. The van der Waals surface area contributed by atoms with E-state index in [0.29, 0.717) is 43.1 Å². The summed E-state index contributed by atoms with van der Waals surface area (Å²) in [6.07, 6.45) is 4.78. The van der Waals surface area contributed by atoms with E-state index in [2.05, 4.69) is 13.2 Å². The highest BCUT2D eigenvalue weighted by atomic mass is 35.5. The number of benzene rings is 2. The lowest BCUT2D eigenvalue weighted by Crippen LogP contribution is -2.58. The molecule has 0 radical (unpaired) electrons. The summed E-state index contributed by atoms with van der Waals surface area (Å²) in [7, 11) is 0. The van der Waals surface area contributed by atoms with Gasteiger partial charge in [-0.3, -0.25) is 14.4 Å². The summed E-state index contributed by atoms with van der Waals surface area (Å²) < 4.78 is 6.93. The van der Waals surface area contributed by atoms with Crippen LogP contribution in [-0.4, -0.2) is 75.6 Å². The molecular weight excluding hydrogens is 566 g/mol. The minimum absolute atomic E-state index is 0.154. The molecule has 3 aliphatic heterocycles. The minimum Gasteiger partial charge on any atom is -0.394 e. The van der Waals surface area contributed by atoms with Crippen molar-refractivity contribution in [2.75, 3.05) is 24.6 Å². The summed E-state index contributed by atoms with van der Waals surface area (Å²) in [5.74, 6) is -2.58. The number of para-hydroxylation sites is 1. The van der Waals surface area contributed by atoms with Gasteiger partial charge in [0.15, 0.2) is 0 Å². The van der Waals surface area contributed by atoms with E-state index in [0.717, 1.165) is 5.56 Å². The van der Waals surface area contributed by atoms with Crippen molar-refractivity contribution >= 4 is 35.0 Å². The molecule has 3 heterocycles. The molecule has 1 spiro atoms. The molecule has 1 N–H and O–H groups in total. The Hall–Kier alpha value is -3.46. The van der Waals surface area contributed by atoms with Crippen LogP contribution in [0.2, 0.25) is 5.02 Å². The fourth-order valence-corrected chi connectivity index (χ4v) is 7.75. The SMILES string of the molecule is C=CCN(Cc1ccccc1)C(=O)[C@@H]1[C@H]2C(=O)N([C@H](C)CO)C(C(=O)N(CC=C)c3ccccc3Cl)C23CC[C@@]1(CC)O3. The summed E-state index contributed by atoms with van der Waals surface area (Å²) in [6.45, 7) is 11.9. The molecule has 228 valence electrons. The number of aliphatic hydroxyl groups excluding tert-OH is 1. The zero-order valence-electron chi connectivity index (χ0n) is 24.8. The van der Waals surface area contributed by atoms with Gasteiger partial charge in [-0.2, -0.15) is 0 Å². The van der Waals surface area contributed by atoms with Crippen molar-refractivity contribution in [3.63, 3.8) is 0 Å². The van der Waals surface area contributed by atoms with E-state index in [1.165, 1.54) is 9.80 Å². The van der Waals surface area contributed by atoms with Gasteiger partial charge in [0, 0.05) is 19.6 Å². The number of carbonyl (C=O) groups excluding carboxylic acids is 3. The number of likely N-dealkylation sites (tertiary alicyclic amines) is 1. The normalized spacial score (nSPS) is 28.0. The summed E-state index contributed by atoms with van der Waals surface area (Å²) in [5.41, 5.74) is -0.679. The third-order valence-electron chi connectivity index (χ3n) is 9.46. The van der Waals surface area contributed by atoms with Gasteiger partial charge in [0.1, 0.15) is 11.6 Å². The van der Waals surface area contributed by atoms with Crippen molar-refractivity contribution in [2.24, 2.45) is 11.8 Å². The Kier molecular flexibility index (Phi) is 8.84. The van der Waals surface area contributed by atoms with Gasteiger partial charge in [-0.15, -0.1) is 13.2 Å². The van der Waals surface area contributed by atoms with Crippen LogP contribution < -0.4 is 4.90 Å². The third-order valence-corrected chi connectivity index (χ3v) is 9.78. The first-order valence-corrected chi connectivity index (χ1v) is 15.3. The second-order valence-electron chi connectivity index (χ2n) is 11.8. The molecule has 0 saturated carbocycles. The molecule has 3 fully saturated rings. The average molecular weight is 606 g/mol. The molecule has 43 heavy (non-hydrogen) atoms. The van der Waals surface area contributed by atoms with Crippen molar-refractivity contribution in [3.8, 4) is 0 Å². The van der Waals surface area contributed by atoms with E-state index >= 15 is 0 Å². The highest BCUT2D eigenvalue weighted by molar-refractivity contribution is 6.34. The van der Waals surface area contributed by atoms with Crippen LogP contribution in [0.15, 0.2) is 79.9 Å². The fraction of sp³-hybridized carbons (Fsp3) is 0.441. The van der Waals surface area contributed by atoms with Crippen LogP contribution >= 0.6 is 11.6 Å². The van der Waals surface area contributed by atoms with Crippen LogP contribution in [0.1, 0.15) is 38.7 Å². The Morgan fingerprint density at radius 1 is 1.09 bits per heavy atom. The molecule has 9 heteroatoms. The Balaban J connectivity index is 1.60. The molecule has 3 saturated heterocycles. The zero-order valence-corrected chi connectivity index (χ0v) is 25.6. The number of aliphatic hydroxyl groups is 1. The molecule has 2 bridgehead atoms. The molecule has 0 aliphatic carbocycles. The van der Waals surface area contributed by atoms with E-state index in [9.17, 15) is 19.5 Å². The standard InChI is InChI=1S/C34H40ClN3O5/c1-5-19-36(21-24-13-9-8-10-14-24)30(40)27-28-31(41)38(23(4)22-39)29(34(28)18-17-33(27,7-3)43-34)32(42)37(20-6-2)26-16-12-11-15-25(26)35/h5-6,8-16,23,27-29,39H,1-2,7,17-22H2,3-4H3/t23-,27+,28+,29?,33-,34?/m1/s1. The zero-order chi connectivity index (χ0) is 30.9. The number of amides is 3. The van der Waals surface area contributed by atoms with Crippen LogP contribution in [0.5, 0.6) is 0 Å². The highest BCUT2D eigenvalue weighted by Crippen LogP contribution is 2.65. The summed E-state index contributed by atoms with van der Waals surface area (Å²) in [6, 6.07) is 15.0. The molecule has 5 rings (SSSR count). The molecule has 3 aliphatic rings. The average Bonchev–Trinajstić information content (AvgIpc) is 3.63. The molecule has 2 aromatic carbocycles. The predicted molar refractivity (Wildman–Crippen MR) is 166 cm³/mol. The van der Waals surface area contributed by atoms with Gasteiger partial charge < -0.3 is 24.5 Å². The summed E-state index contributed by atoms with van der Waals surface area (Å²) >= 11 is 6.55. The number of nitrogens with zero attached hydrogens (tertiary/aromatic N) is 3. The topological polar surface area (TPSA) is 90.4 Å². The Morgan fingerprint density at radius 2 is 1.77 bits per heavy atom. The van der Waals surface area contributed by atoms with Crippen molar-refractivity contribution in [2.45, 2.75) is 62.9 Å². The quantitative estimate of drug-likeness (QED) is 0.357. The van der Waals surface area contributed by atoms with Crippen LogP contribution in [0.4, 0.5) is 5.69 Å². The third kappa shape index (κ3) is 4.99. The molecule has 8 nitrogen and oxygen atoms in total. The van der Waals surface area contributed by atoms with Gasteiger partial charge in [0.2, 0.25) is 11.8 Å². The highest BCUT2D eigenvalue weighted by Gasteiger charge is 2.79. The Bertz CT molecular complexity index is 1400. The van der Waals surface area contributed by atoms with Gasteiger partial charge in [0.25, 0.3) is 5.91 Å². The molecular formula is C34H40ClN3O5. The van der Waals surface area contributed by atoms with E-state index in [-0.39, 0.29) is 30.9 Å². The van der Waals surface area contributed by atoms with Crippen LogP contribution in [0.25, 0.3) is 0 Å². The van der Waals surface area contributed by atoms with Gasteiger partial charge >= 0.3 is 0 Å². The molecule has 3 amide bonds. The molecule has 6 atom stereocenters. The lowest BCUT2D eigenvalue weighted by molar-refractivity contribution is -0.153. The summed E-state index contributed by atoms with van der Waals surface area (Å²) in [4.78, 5) is 48.5. The first-order valence-electron chi connectivity index (χ1n) is 14.9. The summed E-state index contributed by atoms with van der Waals surface area (Å²) in [5, 5.41) is 10.6. The largest absolute Gasteiger partial charge is 0.394 e. The number of fused-ring (bicyclic) bond motifs is 1. The van der Waals surface area contributed by atoms with Crippen molar-refractivity contribution < 1.29 is 24.2 Å². The number of hydrogen-bond donors (Lipinski definition) is 1. The van der Waals surface area contributed by atoms with Crippen LogP contribution in [-0.2, 0) is 25.7 Å². The first-order chi connectivity index (χ1) is 20.7. The monoisotopic (exact) mass is 605 g/mol. The Labute approximate surface area is 258 Å². The van der Waals surface area contributed by atoms with Gasteiger partial charge in [-0.1, -0.05) is 73.1 Å². The fourth-order valence-electron chi connectivity index (χ4n) is 7.52. The van der Waals surface area contributed by atoms with Gasteiger partial charge in [0.05, 0.1) is 40.8 Å². The second kappa shape index (κ2) is 12.3. The van der Waals surface area contributed by atoms with Crippen molar-refractivity contribution in [1.29, 1.82) is 0 Å². The van der Waals surface area contributed by atoms with Gasteiger partial charge in [-0.05, 0) is 43.9 Å². The van der Waals surface area contributed by atoms with E-state index in [1.807, 2.05) is 37.3 Å². The second-order valence-corrected chi connectivity index (χ2v) is 12.2. The van der Waals surface area contributed by atoms with E-state index < -0.39 is 35.1 Å². The number of carbonyl (C=O) groups is 3. The number of rotatable bonds is 12. The first kappa shape index (κ1) is 31.0.